The molecule has 18 heavy (non-hydrogen) atoms. The summed E-state index contributed by atoms with van der Waals surface area (Å²) < 4.78 is 0. The number of unbranched alkanes of at least 4 members (excludes halogenated alkanes) is 2. The molecule has 1 aromatic carbocycles. The maximum absolute atomic E-state index is 11.0. The van der Waals surface area contributed by atoms with Gasteiger partial charge in [-0.2, -0.15) is 0 Å². The Labute approximate surface area is 115 Å². The minimum atomic E-state index is 0.0319. The molecule has 1 N–H and O–H groups in total. The van der Waals surface area contributed by atoms with Crippen molar-refractivity contribution < 1.29 is 4.79 Å². The first-order valence-electron chi connectivity index (χ1n) is 6.63. The van der Waals surface area contributed by atoms with Crippen LogP contribution < -0.4 is 5.32 Å². The molecular weight excluding hydrogens is 246 g/mol. The fourth-order valence-corrected chi connectivity index (χ4v) is 2.16. The molecule has 0 radical (unpaired) electrons. The molecule has 100 valence electrons. The number of rotatable bonds is 7. The maximum Gasteiger partial charge on any atom is 0.216 e. The van der Waals surface area contributed by atoms with Crippen molar-refractivity contribution in [1.29, 1.82) is 0 Å². The molecule has 1 unspecified atom stereocenters. The standard InChI is InChI=1S/C15H22ClNO/c1-3-4-5-6-14(11-17-12(2)18)13-7-9-15(16)10-8-13/h7-10,14H,3-6,11H2,1-2H3,(H,17,18). The summed E-state index contributed by atoms with van der Waals surface area (Å²) in [5.41, 5.74) is 1.25. The molecule has 1 atom stereocenters. The zero-order valence-corrected chi connectivity index (χ0v) is 12.0. The predicted molar refractivity (Wildman–Crippen MR) is 77.0 cm³/mol. The molecule has 0 saturated heterocycles. The lowest BCUT2D eigenvalue weighted by atomic mass is 9.93. The van der Waals surface area contributed by atoms with Crippen LogP contribution >= 0.6 is 11.6 Å². The quantitative estimate of drug-likeness (QED) is 0.739. The van der Waals surface area contributed by atoms with Crippen molar-refractivity contribution in [2.24, 2.45) is 0 Å². The second-order valence-corrected chi connectivity index (χ2v) is 5.12. The van der Waals surface area contributed by atoms with Gasteiger partial charge in [-0.15, -0.1) is 0 Å². The minimum Gasteiger partial charge on any atom is -0.356 e. The fraction of sp³-hybridized carbons (Fsp3) is 0.533. The molecule has 1 rings (SSSR count). The van der Waals surface area contributed by atoms with Crippen LogP contribution in [0, 0.1) is 0 Å². The van der Waals surface area contributed by atoms with Crippen molar-refractivity contribution in [2.45, 2.75) is 45.4 Å². The average molecular weight is 268 g/mol. The first kappa shape index (κ1) is 15.0. The summed E-state index contributed by atoms with van der Waals surface area (Å²) in [6, 6.07) is 7.94. The normalized spacial score (nSPS) is 12.2. The van der Waals surface area contributed by atoms with E-state index in [4.69, 9.17) is 11.6 Å². The Kier molecular flexibility index (Phi) is 6.81. The highest BCUT2D eigenvalue weighted by molar-refractivity contribution is 6.30. The van der Waals surface area contributed by atoms with Gasteiger partial charge in [0.15, 0.2) is 0 Å². The van der Waals surface area contributed by atoms with Crippen molar-refractivity contribution in [3.05, 3.63) is 34.9 Å². The van der Waals surface area contributed by atoms with Crippen molar-refractivity contribution in [1.82, 2.24) is 5.32 Å². The Bertz CT molecular complexity index is 361. The first-order chi connectivity index (χ1) is 8.63. The van der Waals surface area contributed by atoms with Gasteiger partial charge in [0.1, 0.15) is 0 Å². The van der Waals surface area contributed by atoms with E-state index in [1.54, 1.807) is 6.92 Å². The summed E-state index contributed by atoms with van der Waals surface area (Å²) in [6.07, 6.45) is 4.76. The van der Waals surface area contributed by atoms with Gasteiger partial charge >= 0.3 is 0 Å². The van der Waals surface area contributed by atoms with E-state index in [1.165, 1.54) is 24.8 Å². The second kappa shape index (κ2) is 8.15. The number of carbonyl (C=O) groups excluding carboxylic acids is 1. The molecule has 0 aromatic heterocycles. The van der Waals surface area contributed by atoms with Gasteiger partial charge in [-0.1, -0.05) is 49.9 Å². The van der Waals surface area contributed by atoms with Gasteiger partial charge in [-0.3, -0.25) is 4.79 Å². The van der Waals surface area contributed by atoms with E-state index in [2.05, 4.69) is 24.4 Å². The fourth-order valence-electron chi connectivity index (χ4n) is 2.03. The zero-order valence-electron chi connectivity index (χ0n) is 11.2. The van der Waals surface area contributed by atoms with Crippen molar-refractivity contribution in [3.63, 3.8) is 0 Å². The van der Waals surface area contributed by atoms with Gasteiger partial charge in [0.25, 0.3) is 0 Å². The number of amides is 1. The Balaban J connectivity index is 2.62. The summed E-state index contributed by atoms with van der Waals surface area (Å²) in [4.78, 5) is 11.0. The van der Waals surface area contributed by atoms with Crippen LogP contribution in [0.15, 0.2) is 24.3 Å². The van der Waals surface area contributed by atoms with Gasteiger partial charge < -0.3 is 5.32 Å². The van der Waals surface area contributed by atoms with Crippen LogP contribution in [0.1, 0.15) is 51.0 Å². The summed E-state index contributed by atoms with van der Waals surface area (Å²) in [5, 5.41) is 3.67. The number of halogens is 1. The van der Waals surface area contributed by atoms with E-state index >= 15 is 0 Å². The maximum atomic E-state index is 11.0. The van der Waals surface area contributed by atoms with Gasteiger partial charge in [-0.05, 0) is 24.1 Å². The highest BCUT2D eigenvalue weighted by Gasteiger charge is 2.11. The zero-order chi connectivity index (χ0) is 13.4. The summed E-state index contributed by atoms with van der Waals surface area (Å²) in [7, 11) is 0. The van der Waals surface area contributed by atoms with Crippen LogP contribution in [0.5, 0.6) is 0 Å². The summed E-state index contributed by atoms with van der Waals surface area (Å²) in [5.74, 6) is 0.419. The van der Waals surface area contributed by atoms with E-state index in [0.717, 1.165) is 11.4 Å². The van der Waals surface area contributed by atoms with Crippen LogP contribution in [0.4, 0.5) is 0 Å². The molecule has 0 bridgehead atoms. The van der Waals surface area contributed by atoms with Gasteiger partial charge in [0.05, 0.1) is 0 Å². The summed E-state index contributed by atoms with van der Waals surface area (Å²) >= 11 is 5.90. The molecule has 3 heteroatoms. The lowest BCUT2D eigenvalue weighted by molar-refractivity contribution is -0.119. The van der Waals surface area contributed by atoms with E-state index in [0.29, 0.717) is 12.5 Å². The van der Waals surface area contributed by atoms with Crippen molar-refractivity contribution in [2.75, 3.05) is 6.54 Å². The minimum absolute atomic E-state index is 0.0319. The Morgan fingerprint density at radius 2 is 1.94 bits per heavy atom. The van der Waals surface area contributed by atoms with Gasteiger partial charge in [0, 0.05) is 24.4 Å². The molecule has 0 aliphatic heterocycles. The van der Waals surface area contributed by atoms with Crippen molar-refractivity contribution in [3.8, 4) is 0 Å². The third kappa shape index (κ3) is 5.54. The lowest BCUT2D eigenvalue weighted by Gasteiger charge is -2.17. The largest absolute Gasteiger partial charge is 0.356 e. The molecule has 2 nitrogen and oxygen atoms in total. The van der Waals surface area contributed by atoms with E-state index in [9.17, 15) is 4.79 Å². The number of carbonyl (C=O) groups is 1. The molecule has 0 fully saturated rings. The van der Waals surface area contributed by atoms with Gasteiger partial charge in [0.2, 0.25) is 5.91 Å². The Morgan fingerprint density at radius 1 is 1.28 bits per heavy atom. The van der Waals surface area contributed by atoms with Crippen LogP contribution in [0.25, 0.3) is 0 Å². The third-order valence-corrected chi connectivity index (χ3v) is 3.35. The van der Waals surface area contributed by atoms with E-state index in [1.807, 2.05) is 12.1 Å². The lowest BCUT2D eigenvalue weighted by Crippen LogP contribution is -2.26. The van der Waals surface area contributed by atoms with Crippen LogP contribution in [0.2, 0.25) is 5.02 Å². The molecule has 1 amide bonds. The molecule has 1 aromatic rings. The molecule has 0 heterocycles. The SMILES string of the molecule is CCCCCC(CNC(C)=O)c1ccc(Cl)cc1. The van der Waals surface area contributed by atoms with Crippen LogP contribution in [-0.4, -0.2) is 12.5 Å². The highest BCUT2D eigenvalue weighted by Crippen LogP contribution is 2.23. The molecule has 0 aliphatic carbocycles. The molecular formula is C15H22ClNO. The van der Waals surface area contributed by atoms with Gasteiger partial charge in [-0.25, -0.2) is 0 Å². The highest BCUT2D eigenvalue weighted by atomic mass is 35.5. The summed E-state index contributed by atoms with van der Waals surface area (Å²) in [6.45, 7) is 4.47. The molecule has 0 aliphatic rings. The van der Waals surface area contributed by atoms with Crippen molar-refractivity contribution >= 4 is 17.5 Å². The average Bonchev–Trinajstić information content (AvgIpc) is 2.34. The number of benzene rings is 1. The van der Waals surface area contributed by atoms with E-state index in [-0.39, 0.29) is 5.91 Å². The number of hydrogen-bond donors (Lipinski definition) is 1. The predicted octanol–water partition coefficient (Wildman–Crippen LogP) is 4.14. The monoisotopic (exact) mass is 267 g/mol. The van der Waals surface area contributed by atoms with E-state index < -0.39 is 0 Å². The third-order valence-electron chi connectivity index (χ3n) is 3.09. The molecule has 0 saturated carbocycles. The van der Waals surface area contributed by atoms with Crippen LogP contribution in [0.3, 0.4) is 0 Å². The molecule has 0 spiro atoms. The van der Waals surface area contributed by atoms with Crippen LogP contribution in [-0.2, 0) is 4.79 Å². The number of nitrogens with one attached hydrogen (secondary N) is 1. The second-order valence-electron chi connectivity index (χ2n) is 4.68. The Morgan fingerprint density at radius 3 is 2.50 bits per heavy atom. The topological polar surface area (TPSA) is 29.1 Å². The first-order valence-corrected chi connectivity index (χ1v) is 7.01. The smallest absolute Gasteiger partial charge is 0.216 e. The number of hydrogen-bond acceptors (Lipinski definition) is 1. The Hall–Kier alpha value is -1.02.